The van der Waals surface area contributed by atoms with E-state index in [0.29, 0.717) is 5.69 Å². The molecule has 0 fully saturated rings. The molecule has 0 aliphatic carbocycles. The van der Waals surface area contributed by atoms with E-state index in [1.54, 1.807) is 6.92 Å². The zero-order valence-electron chi connectivity index (χ0n) is 10.0. The monoisotopic (exact) mass is 283 g/mol. The molecule has 88 valence electrons. The number of ketones is 1. The predicted octanol–water partition coefficient (Wildman–Crippen LogP) is 3.68. The van der Waals surface area contributed by atoms with Gasteiger partial charge in [0, 0.05) is 10.2 Å². The third kappa shape index (κ3) is 2.46. The van der Waals surface area contributed by atoms with Crippen molar-refractivity contribution in [2.45, 2.75) is 39.0 Å². The zero-order valence-corrected chi connectivity index (χ0v) is 11.6. The second-order valence-electron chi connectivity index (χ2n) is 4.37. The molecule has 0 radical (unpaired) electrons. The number of rotatable bonds is 4. The van der Waals surface area contributed by atoms with Crippen LogP contribution in [0.3, 0.4) is 0 Å². The lowest BCUT2D eigenvalue weighted by molar-refractivity contribution is -0.122. The molecular formula is C13H18BrNO. The number of nitrogen functional groups attached to an aromatic ring is 1. The molecule has 1 rings (SSSR count). The van der Waals surface area contributed by atoms with Crippen LogP contribution in [0.4, 0.5) is 5.69 Å². The highest BCUT2D eigenvalue weighted by Gasteiger charge is 2.31. The number of Topliss-reactive ketones (excluding diaryl/α,β-unsaturated/α-hetero) is 1. The molecular weight excluding hydrogens is 266 g/mol. The highest BCUT2D eigenvalue weighted by molar-refractivity contribution is 9.10. The Morgan fingerprint density at radius 2 is 2.12 bits per heavy atom. The summed E-state index contributed by atoms with van der Waals surface area (Å²) in [6, 6.07) is 5.74. The Balaban J connectivity index is 3.21. The summed E-state index contributed by atoms with van der Waals surface area (Å²) in [7, 11) is 0. The molecule has 0 heterocycles. The average Bonchev–Trinajstić information content (AvgIpc) is 2.22. The van der Waals surface area contributed by atoms with Crippen molar-refractivity contribution in [1.29, 1.82) is 0 Å². The fraction of sp³-hybridized carbons (Fsp3) is 0.462. The van der Waals surface area contributed by atoms with Crippen LogP contribution in [0.15, 0.2) is 22.7 Å². The minimum Gasteiger partial charge on any atom is -0.398 e. The number of hydrogen-bond acceptors (Lipinski definition) is 2. The van der Waals surface area contributed by atoms with E-state index in [9.17, 15) is 4.79 Å². The Hall–Kier alpha value is -0.830. The number of nitrogens with two attached hydrogens (primary N) is 1. The fourth-order valence-corrected chi connectivity index (χ4v) is 2.27. The first-order chi connectivity index (χ1) is 7.41. The molecule has 0 saturated carbocycles. The van der Waals surface area contributed by atoms with Crippen molar-refractivity contribution in [2.24, 2.45) is 0 Å². The number of carbonyl (C=O) groups is 1. The standard InChI is InChI=1S/C13H18BrNO/c1-4-7-13(3,9(2)16)10-5-6-12(15)11(14)8-10/h5-6,8H,4,7,15H2,1-3H3. The van der Waals surface area contributed by atoms with E-state index in [-0.39, 0.29) is 5.78 Å². The molecule has 16 heavy (non-hydrogen) atoms. The highest BCUT2D eigenvalue weighted by Crippen LogP contribution is 2.33. The second kappa shape index (κ2) is 5.00. The summed E-state index contributed by atoms with van der Waals surface area (Å²) in [6.45, 7) is 5.74. The Kier molecular flexibility index (Phi) is 4.14. The van der Waals surface area contributed by atoms with Gasteiger partial charge in [-0.3, -0.25) is 4.79 Å². The first-order valence-electron chi connectivity index (χ1n) is 5.48. The molecule has 0 aromatic heterocycles. The molecule has 0 aliphatic heterocycles. The maximum Gasteiger partial charge on any atom is 0.140 e. The quantitative estimate of drug-likeness (QED) is 0.857. The molecule has 2 nitrogen and oxygen atoms in total. The topological polar surface area (TPSA) is 43.1 Å². The number of benzene rings is 1. The molecule has 1 atom stereocenters. The van der Waals surface area contributed by atoms with E-state index in [4.69, 9.17) is 5.73 Å². The van der Waals surface area contributed by atoms with Crippen molar-refractivity contribution in [3.8, 4) is 0 Å². The fourth-order valence-electron chi connectivity index (χ4n) is 1.89. The Morgan fingerprint density at radius 3 is 2.56 bits per heavy atom. The van der Waals surface area contributed by atoms with E-state index < -0.39 is 5.41 Å². The van der Waals surface area contributed by atoms with Crippen LogP contribution in [0.2, 0.25) is 0 Å². The molecule has 3 heteroatoms. The molecule has 0 aliphatic rings. The summed E-state index contributed by atoms with van der Waals surface area (Å²) in [5.74, 6) is 0.200. The zero-order chi connectivity index (χ0) is 12.3. The van der Waals surface area contributed by atoms with Crippen LogP contribution in [-0.4, -0.2) is 5.78 Å². The van der Waals surface area contributed by atoms with E-state index in [0.717, 1.165) is 22.9 Å². The molecule has 1 unspecified atom stereocenters. The van der Waals surface area contributed by atoms with E-state index in [1.807, 2.05) is 25.1 Å². The van der Waals surface area contributed by atoms with Crippen molar-refractivity contribution in [3.63, 3.8) is 0 Å². The summed E-state index contributed by atoms with van der Waals surface area (Å²) >= 11 is 3.40. The van der Waals surface area contributed by atoms with Crippen molar-refractivity contribution >= 4 is 27.4 Å². The minimum absolute atomic E-state index is 0.200. The first-order valence-corrected chi connectivity index (χ1v) is 6.27. The van der Waals surface area contributed by atoms with Gasteiger partial charge in [-0.2, -0.15) is 0 Å². The van der Waals surface area contributed by atoms with E-state index in [2.05, 4.69) is 22.9 Å². The second-order valence-corrected chi connectivity index (χ2v) is 5.23. The Morgan fingerprint density at radius 1 is 1.50 bits per heavy atom. The maximum absolute atomic E-state index is 11.8. The number of anilines is 1. The lowest BCUT2D eigenvalue weighted by Crippen LogP contribution is -2.30. The van der Waals surface area contributed by atoms with Gasteiger partial charge in [0.25, 0.3) is 0 Å². The van der Waals surface area contributed by atoms with Crippen LogP contribution in [0, 0.1) is 0 Å². The first kappa shape index (κ1) is 13.2. The molecule has 0 bridgehead atoms. The van der Waals surface area contributed by atoms with Crippen LogP contribution in [0.25, 0.3) is 0 Å². The summed E-state index contributed by atoms with van der Waals surface area (Å²) < 4.78 is 0.855. The van der Waals surface area contributed by atoms with E-state index >= 15 is 0 Å². The maximum atomic E-state index is 11.8. The molecule has 0 spiro atoms. The number of hydrogen-bond donors (Lipinski definition) is 1. The normalized spacial score (nSPS) is 14.5. The minimum atomic E-state index is -0.398. The van der Waals surface area contributed by atoms with Gasteiger partial charge in [-0.15, -0.1) is 0 Å². The lowest BCUT2D eigenvalue weighted by atomic mass is 9.75. The van der Waals surface area contributed by atoms with Crippen LogP contribution < -0.4 is 5.73 Å². The third-order valence-electron chi connectivity index (χ3n) is 3.16. The number of carbonyl (C=O) groups excluding carboxylic acids is 1. The summed E-state index contributed by atoms with van der Waals surface area (Å²) in [4.78, 5) is 11.8. The summed E-state index contributed by atoms with van der Waals surface area (Å²) in [6.07, 6.45) is 1.84. The van der Waals surface area contributed by atoms with Gasteiger partial charge in [-0.1, -0.05) is 19.4 Å². The van der Waals surface area contributed by atoms with Gasteiger partial charge >= 0.3 is 0 Å². The predicted molar refractivity (Wildman–Crippen MR) is 71.5 cm³/mol. The van der Waals surface area contributed by atoms with Gasteiger partial charge in [0.2, 0.25) is 0 Å². The molecule has 2 N–H and O–H groups in total. The van der Waals surface area contributed by atoms with Gasteiger partial charge < -0.3 is 5.73 Å². The van der Waals surface area contributed by atoms with Gasteiger partial charge in [-0.05, 0) is 53.9 Å². The third-order valence-corrected chi connectivity index (χ3v) is 3.85. The van der Waals surface area contributed by atoms with Crippen LogP contribution in [-0.2, 0) is 10.2 Å². The molecule has 1 aromatic rings. The Bertz CT molecular complexity index is 403. The molecule has 0 amide bonds. The van der Waals surface area contributed by atoms with Gasteiger partial charge in [0.1, 0.15) is 5.78 Å². The van der Waals surface area contributed by atoms with Crippen LogP contribution >= 0.6 is 15.9 Å². The van der Waals surface area contributed by atoms with Gasteiger partial charge in [0.15, 0.2) is 0 Å². The summed E-state index contributed by atoms with van der Waals surface area (Å²) in [5.41, 5.74) is 7.08. The SMILES string of the molecule is CCCC(C)(C(C)=O)c1ccc(N)c(Br)c1. The van der Waals surface area contributed by atoms with Gasteiger partial charge in [-0.25, -0.2) is 0 Å². The Labute approximate surface area is 105 Å². The average molecular weight is 284 g/mol. The lowest BCUT2D eigenvalue weighted by Gasteiger charge is -2.27. The summed E-state index contributed by atoms with van der Waals surface area (Å²) in [5, 5.41) is 0. The highest BCUT2D eigenvalue weighted by atomic mass is 79.9. The molecule has 1 aromatic carbocycles. The largest absolute Gasteiger partial charge is 0.398 e. The smallest absolute Gasteiger partial charge is 0.140 e. The number of halogens is 1. The van der Waals surface area contributed by atoms with Crippen molar-refractivity contribution in [1.82, 2.24) is 0 Å². The van der Waals surface area contributed by atoms with Crippen molar-refractivity contribution in [2.75, 3.05) is 5.73 Å². The van der Waals surface area contributed by atoms with Crippen molar-refractivity contribution in [3.05, 3.63) is 28.2 Å². The van der Waals surface area contributed by atoms with Gasteiger partial charge in [0.05, 0.1) is 5.41 Å². The van der Waals surface area contributed by atoms with Crippen LogP contribution in [0.5, 0.6) is 0 Å². The van der Waals surface area contributed by atoms with E-state index in [1.165, 1.54) is 0 Å². The van der Waals surface area contributed by atoms with Crippen LogP contribution in [0.1, 0.15) is 39.2 Å². The molecule has 0 saturated heterocycles. The van der Waals surface area contributed by atoms with Crippen molar-refractivity contribution < 1.29 is 4.79 Å².